The molecule has 0 aromatic carbocycles. The highest BCUT2D eigenvalue weighted by molar-refractivity contribution is 7.90. The van der Waals surface area contributed by atoms with E-state index >= 15 is 0 Å². The standard InChI is InChI=1S/C13H16ClN3O3S3/c1-2-5-23(19,20)8-9-7-21-13(16-9)17-12(18)15-6-10-3-4-11(14)22-10/h3-4,7H,2,5-6,8H2,1H3,(H2,15,16,17,18). The molecule has 2 amide bonds. The van der Waals surface area contributed by atoms with Gasteiger partial charge in [0.2, 0.25) is 0 Å². The predicted molar refractivity (Wildman–Crippen MR) is 95.1 cm³/mol. The van der Waals surface area contributed by atoms with Crippen LogP contribution < -0.4 is 10.6 Å². The number of rotatable bonds is 7. The molecule has 2 rings (SSSR count). The van der Waals surface area contributed by atoms with Gasteiger partial charge in [-0.1, -0.05) is 18.5 Å². The van der Waals surface area contributed by atoms with Crippen LogP contribution in [0.4, 0.5) is 9.93 Å². The summed E-state index contributed by atoms with van der Waals surface area (Å²) >= 11 is 8.41. The number of hydrogen-bond acceptors (Lipinski definition) is 6. The molecule has 0 aliphatic carbocycles. The Balaban J connectivity index is 1.85. The topological polar surface area (TPSA) is 88.2 Å². The van der Waals surface area contributed by atoms with Gasteiger partial charge in [0.05, 0.1) is 28.1 Å². The summed E-state index contributed by atoms with van der Waals surface area (Å²) in [6.07, 6.45) is 0.576. The summed E-state index contributed by atoms with van der Waals surface area (Å²) in [5.74, 6) is 0.0332. The largest absolute Gasteiger partial charge is 0.333 e. The Morgan fingerprint density at radius 1 is 1.39 bits per heavy atom. The van der Waals surface area contributed by atoms with E-state index in [2.05, 4.69) is 15.6 Å². The minimum Gasteiger partial charge on any atom is -0.333 e. The van der Waals surface area contributed by atoms with E-state index in [9.17, 15) is 13.2 Å². The molecule has 126 valence electrons. The molecule has 0 atom stereocenters. The van der Waals surface area contributed by atoms with E-state index < -0.39 is 15.9 Å². The molecule has 2 heterocycles. The number of amides is 2. The van der Waals surface area contributed by atoms with Gasteiger partial charge in [-0.15, -0.1) is 22.7 Å². The van der Waals surface area contributed by atoms with E-state index in [0.29, 0.717) is 28.1 Å². The van der Waals surface area contributed by atoms with Crippen molar-refractivity contribution in [3.63, 3.8) is 0 Å². The number of thiophene rings is 1. The SMILES string of the molecule is CCCS(=O)(=O)Cc1csc(NC(=O)NCc2ccc(Cl)s2)n1. The van der Waals surface area contributed by atoms with E-state index in [-0.39, 0.29) is 11.5 Å². The van der Waals surface area contributed by atoms with Crippen molar-refractivity contribution in [1.82, 2.24) is 10.3 Å². The number of hydrogen-bond donors (Lipinski definition) is 2. The summed E-state index contributed by atoms with van der Waals surface area (Å²) in [6.45, 7) is 2.18. The number of thiazole rings is 1. The highest BCUT2D eigenvalue weighted by Gasteiger charge is 2.14. The molecule has 0 saturated carbocycles. The van der Waals surface area contributed by atoms with Crippen molar-refractivity contribution in [3.05, 3.63) is 32.4 Å². The van der Waals surface area contributed by atoms with E-state index in [1.54, 1.807) is 11.4 Å². The number of halogens is 1. The summed E-state index contributed by atoms with van der Waals surface area (Å²) in [5.41, 5.74) is 0.448. The van der Waals surface area contributed by atoms with Gasteiger partial charge in [0, 0.05) is 10.3 Å². The van der Waals surface area contributed by atoms with Crippen molar-refractivity contribution in [2.75, 3.05) is 11.1 Å². The van der Waals surface area contributed by atoms with E-state index in [0.717, 1.165) is 4.88 Å². The molecule has 2 aromatic rings. The highest BCUT2D eigenvalue weighted by Crippen LogP contribution is 2.21. The van der Waals surface area contributed by atoms with Gasteiger partial charge in [-0.3, -0.25) is 5.32 Å². The second kappa shape index (κ2) is 8.09. The average molecular weight is 394 g/mol. The maximum Gasteiger partial charge on any atom is 0.321 e. The van der Waals surface area contributed by atoms with Crippen LogP contribution in [0.25, 0.3) is 0 Å². The Labute approximate surface area is 147 Å². The third-order valence-electron chi connectivity index (χ3n) is 2.71. The fourth-order valence-electron chi connectivity index (χ4n) is 1.79. The molecule has 0 fully saturated rings. The minimum atomic E-state index is -3.14. The van der Waals surface area contributed by atoms with Crippen molar-refractivity contribution in [3.8, 4) is 0 Å². The number of aromatic nitrogens is 1. The second-order valence-corrected chi connectivity index (χ2v) is 9.59. The van der Waals surface area contributed by atoms with Crippen molar-refractivity contribution in [2.24, 2.45) is 0 Å². The van der Waals surface area contributed by atoms with Crippen LogP contribution in [-0.2, 0) is 22.1 Å². The molecule has 0 radical (unpaired) electrons. The molecule has 2 aromatic heterocycles. The molecule has 6 nitrogen and oxygen atoms in total. The van der Waals surface area contributed by atoms with Crippen molar-refractivity contribution < 1.29 is 13.2 Å². The van der Waals surface area contributed by atoms with Crippen molar-refractivity contribution in [2.45, 2.75) is 25.6 Å². The van der Waals surface area contributed by atoms with Gasteiger partial charge in [-0.2, -0.15) is 0 Å². The van der Waals surface area contributed by atoms with Gasteiger partial charge in [0.15, 0.2) is 15.0 Å². The number of anilines is 1. The van der Waals surface area contributed by atoms with Crippen LogP contribution in [0.15, 0.2) is 17.5 Å². The van der Waals surface area contributed by atoms with Gasteiger partial charge in [-0.05, 0) is 18.6 Å². The molecule has 0 aliphatic heterocycles. The lowest BCUT2D eigenvalue weighted by Crippen LogP contribution is -2.27. The third-order valence-corrected chi connectivity index (χ3v) is 6.51. The first-order valence-electron chi connectivity index (χ1n) is 6.82. The highest BCUT2D eigenvalue weighted by atomic mass is 35.5. The van der Waals surface area contributed by atoms with Gasteiger partial charge in [0.1, 0.15) is 0 Å². The number of urea groups is 1. The number of nitrogens with one attached hydrogen (secondary N) is 2. The molecule has 0 aliphatic rings. The Morgan fingerprint density at radius 3 is 2.83 bits per heavy atom. The lowest BCUT2D eigenvalue weighted by Gasteiger charge is -2.03. The summed E-state index contributed by atoms with van der Waals surface area (Å²) in [4.78, 5) is 16.9. The normalized spacial score (nSPS) is 11.4. The van der Waals surface area contributed by atoms with Crippen LogP contribution in [0.2, 0.25) is 4.34 Å². The van der Waals surface area contributed by atoms with Crippen LogP contribution in [0.5, 0.6) is 0 Å². The average Bonchev–Trinajstić information content (AvgIpc) is 3.05. The van der Waals surface area contributed by atoms with Crippen LogP contribution in [0.3, 0.4) is 0 Å². The predicted octanol–water partition coefficient (Wildman–Crippen LogP) is 3.50. The van der Waals surface area contributed by atoms with Gasteiger partial charge < -0.3 is 5.32 Å². The lowest BCUT2D eigenvalue weighted by atomic mass is 10.5. The summed E-state index contributed by atoms with van der Waals surface area (Å²) in [5, 5.41) is 7.29. The van der Waals surface area contributed by atoms with Crippen LogP contribution in [0.1, 0.15) is 23.9 Å². The van der Waals surface area contributed by atoms with Crippen molar-refractivity contribution >= 4 is 55.3 Å². The molecule has 0 unspecified atom stereocenters. The zero-order valence-corrected chi connectivity index (χ0v) is 15.5. The number of nitrogens with zero attached hydrogens (tertiary/aromatic N) is 1. The fourth-order valence-corrected chi connectivity index (χ4v) is 5.00. The Bertz CT molecular complexity index is 770. The number of carbonyl (C=O) groups is 1. The molecule has 0 bridgehead atoms. The summed E-state index contributed by atoms with van der Waals surface area (Å²) < 4.78 is 24.2. The zero-order chi connectivity index (χ0) is 16.9. The molecule has 23 heavy (non-hydrogen) atoms. The van der Waals surface area contributed by atoms with Gasteiger partial charge >= 0.3 is 6.03 Å². The fraction of sp³-hybridized carbons (Fsp3) is 0.385. The smallest absolute Gasteiger partial charge is 0.321 e. The number of carbonyl (C=O) groups excluding carboxylic acids is 1. The van der Waals surface area contributed by atoms with Crippen LogP contribution >= 0.6 is 34.3 Å². The maximum absolute atomic E-state index is 11.8. The number of sulfone groups is 1. The first-order chi connectivity index (χ1) is 10.9. The second-order valence-electron chi connectivity index (χ2n) is 4.75. The summed E-state index contributed by atoms with van der Waals surface area (Å²) in [6, 6.07) is 3.21. The quantitative estimate of drug-likeness (QED) is 0.753. The summed E-state index contributed by atoms with van der Waals surface area (Å²) in [7, 11) is -3.14. The minimum absolute atomic E-state index is 0.103. The van der Waals surface area contributed by atoms with Crippen LogP contribution in [0, 0.1) is 0 Å². The van der Waals surface area contributed by atoms with E-state index in [1.807, 2.05) is 13.0 Å². The zero-order valence-electron chi connectivity index (χ0n) is 12.3. The maximum atomic E-state index is 11.8. The molecular weight excluding hydrogens is 378 g/mol. The lowest BCUT2D eigenvalue weighted by molar-refractivity contribution is 0.252. The molecule has 10 heteroatoms. The molecular formula is C13H16ClN3O3S3. The molecule has 2 N–H and O–H groups in total. The third kappa shape index (κ3) is 6.09. The van der Waals surface area contributed by atoms with E-state index in [1.165, 1.54) is 22.7 Å². The monoisotopic (exact) mass is 393 g/mol. The molecule has 0 spiro atoms. The Hall–Kier alpha value is -1.16. The van der Waals surface area contributed by atoms with Crippen LogP contribution in [-0.4, -0.2) is 25.2 Å². The first-order valence-corrected chi connectivity index (χ1v) is 10.7. The Morgan fingerprint density at radius 2 is 2.17 bits per heavy atom. The van der Waals surface area contributed by atoms with Gasteiger partial charge in [-0.25, -0.2) is 18.2 Å². The molecule has 0 saturated heterocycles. The Kier molecular flexibility index (Phi) is 6.40. The van der Waals surface area contributed by atoms with Crippen molar-refractivity contribution in [1.29, 1.82) is 0 Å². The first kappa shape index (κ1) is 18.2. The van der Waals surface area contributed by atoms with E-state index in [4.69, 9.17) is 11.6 Å². The van der Waals surface area contributed by atoms with Gasteiger partial charge in [0.25, 0.3) is 0 Å².